The van der Waals surface area contributed by atoms with Gasteiger partial charge in [0, 0.05) is 17.8 Å². The van der Waals surface area contributed by atoms with Crippen molar-refractivity contribution in [1.29, 1.82) is 0 Å². The normalized spacial score (nSPS) is 31.9. The molecule has 0 aliphatic heterocycles. The molecule has 0 aromatic rings. The van der Waals surface area contributed by atoms with Gasteiger partial charge in [-0.2, -0.15) is 0 Å². The van der Waals surface area contributed by atoms with E-state index in [1.807, 2.05) is 6.92 Å². The molecule has 4 nitrogen and oxygen atoms in total. The first-order valence-electron chi connectivity index (χ1n) is 3.77. The summed E-state index contributed by atoms with van der Waals surface area (Å²) in [7, 11) is 0. The Kier molecular flexibility index (Phi) is 2.22. The second-order valence-corrected chi connectivity index (χ2v) is 3.15. The fraction of sp³-hybridized carbons (Fsp3) is 0.857. The van der Waals surface area contributed by atoms with Gasteiger partial charge in [0.25, 0.3) is 6.04 Å². The molecule has 1 rings (SSSR count). The third kappa shape index (κ3) is 1.76. The largest absolute Gasteiger partial charge is 0.292 e. The van der Waals surface area contributed by atoms with Gasteiger partial charge in [-0.15, -0.1) is 0 Å². The van der Waals surface area contributed by atoms with Crippen LogP contribution in [0.25, 0.3) is 0 Å². The van der Waals surface area contributed by atoms with E-state index in [0.717, 1.165) is 6.42 Å². The summed E-state index contributed by atoms with van der Waals surface area (Å²) < 4.78 is 0. The minimum Gasteiger partial charge on any atom is -0.292 e. The summed E-state index contributed by atoms with van der Waals surface area (Å²) in [6.45, 7) is 1.95. The number of nitro groups is 1. The van der Waals surface area contributed by atoms with Crippen molar-refractivity contribution in [3.8, 4) is 0 Å². The second-order valence-electron chi connectivity index (χ2n) is 3.15. The van der Waals surface area contributed by atoms with Crippen molar-refractivity contribution in [2.75, 3.05) is 0 Å². The van der Waals surface area contributed by atoms with Gasteiger partial charge in [0.1, 0.15) is 0 Å². The topological polar surface area (TPSA) is 60.2 Å². The number of rotatable bonds is 1. The maximum absolute atomic E-state index is 11.0. The Morgan fingerprint density at radius 2 is 2.18 bits per heavy atom. The van der Waals surface area contributed by atoms with Crippen LogP contribution in [0.3, 0.4) is 0 Å². The molecule has 0 radical (unpaired) electrons. The molecular formula is C7H11NO3. The van der Waals surface area contributed by atoms with Gasteiger partial charge in [-0.05, 0) is 12.3 Å². The molecule has 2 atom stereocenters. The fourth-order valence-electron chi connectivity index (χ4n) is 1.41. The molecule has 0 amide bonds. The molecule has 62 valence electrons. The Labute approximate surface area is 64.7 Å². The van der Waals surface area contributed by atoms with Gasteiger partial charge in [0.2, 0.25) is 5.78 Å². The van der Waals surface area contributed by atoms with Crippen molar-refractivity contribution < 1.29 is 9.72 Å². The monoisotopic (exact) mass is 157 g/mol. The highest BCUT2D eigenvalue weighted by molar-refractivity contribution is 5.83. The number of hydrogen-bond donors (Lipinski definition) is 0. The van der Waals surface area contributed by atoms with E-state index >= 15 is 0 Å². The molecule has 0 N–H and O–H groups in total. The quantitative estimate of drug-likeness (QED) is 0.421. The van der Waals surface area contributed by atoms with E-state index in [2.05, 4.69) is 0 Å². The SMILES string of the molecule is C[C@@H]1CC[C@H]([N+](=O)[O-])C(=O)C1. The van der Waals surface area contributed by atoms with Crippen molar-refractivity contribution in [3.05, 3.63) is 10.1 Å². The van der Waals surface area contributed by atoms with Crippen LogP contribution < -0.4 is 0 Å². The number of carbonyl (C=O) groups excluding carboxylic acids is 1. The Morgan fingerprint density at radius 1 is 1.55 bits per heavy atom. The molecule has 1 saturated carbocycles. The van der Waals surface area contributed by atoms with Crippen molar-refractivity contribution in [1.82, 2.24) is 0 Å². The van der Waals surface area contributed by atoms with Crippen molar-refractivity contribution in [2.45, 2.75) is 32.2 Å². The molecule has 0 saturated heterocycles. The summed E-state index contributed by atoms with van der Waals surface area (Å²) in [6, 6.07) is -0.911. The number of carbonyl (C=O) groups is 1. The average molecular weight is 157 g/mol. The molecule has 0 aromatic heterocycles. The molecule has 0 unspecified atom stereocenters. The highest BCUT2D eigenvalue weighted by Crippen LogP contribution is 2.22. The van der Waals surface area contributed by atoms with Crippen molar-refractivity contribution in [3.63, 3.8) is 0 Å². The standard InChI is InChI=1S/C7H11NO3/c1-5-2-3-6(8(10)11)7(9)4-5/h5-6H,2-4H2,1H3/t5-,6+/m1/s1. The van der Waals surface area contributed by atoms with E-state index < -0.39 is 11.0 Å². The lowest BCUT2D eigenvalue weighted by Crippen LogP contribution is -2.34. The van der Waals surface area contributed by atoms with Crippen molar-refractivity contribution >= 4 is 5.78 Å². The lowest BCUT2D eigenvalue weighted by atomic mass is 9.87. The van der Waals surface area contributed by atoms with Gasteiger partial charge in [-0.25, -0.2) is 0 Å². The Balaban J connectivity index is 2.58. The first-order valence-corrected chi connectivity index (χ1v) is 3.77. The van der Waals surface area contributed by atoms with Crippen LogP contribution in [0, 0.1) is 16.0 Å². The van der Waals surface area contributed by atoms with E-state index in [0.29, 0.717) is 18.8 Å². The molecule has 11 heavy (non-hydrogen) atoms. The second kappa shape index (κ2) is 2.98. The number of hydrogen-bond acceptors (Lipinski definition) is 3. The maximum atomic E-state index is 11.0. The van der Waals surface area contributed by atoms with Gasteiger partial charge in [0.05, 0.1) is 0 Å². The van der Waals surface area contributed by atoms with E-state index in [1.54, 1.807) is 0 Å². The predicted octanol–water partition coefficient (Wildman–Crippen LogP) is 1.02. The Bertz CT molecular complexity index is 190. The minimum atomic E-state index is -0.911. The Hall–Kier alpha value is -0.930. The van der Waals surface area contributed by atoms with Gasteiger partial charge >= 0.3 is 0 Å². The minimum absolute atomic E-state index is 0.200. The van der Waals surface area contributed by atoms with Crippen LogP contribution in [-0.4, -0.2) is 16.7 Å². The lowest BCUT2D eigenvalue weighted by Gasteiger charge is -2.18. The predicted molar refractivity (Wildman–Crippen MR) is 38.8 cm³/mol. The average Bonchev–Trinajstić information content (AvgIpc) is 1.85. The van der Waals surface area contributed by atoms with Crippen LogP contribution in [-0.2, 0) is 4.79 Å². The zero-order valence-electron chi connectivity index (χ0n) is 6.45. The molecule has 1 aliphatic rings. The zero-order valence-corrected chi connectivity index (χ0v) is 6.45. The zero-order chi connectivity index (χ0) is 8.43. The summed E-state index contributed by atoms with van der Waals surface area (Å²) in [5, 5.41) is 10.3. The number of Topliss-reactive ketones (excluding diaryl/α,β-unsaturated/α-hetero) is 1. The third-order valence-corrected chi connectivity index (χ3v) is 2.11. The smallest absolute Gasteiger partial charge is 0.270 e. The van der Waals surface area contributed by atoms with Gasteiger partial charge < -0.3 is 0 Å². The van der Waals surface area contributed by atoms with E-state index in [9.17, 15) is 14.9 Å². The molecule has 0 aromatic carbocycles. The summed E-state index contributed by atoms with van der Waals surface area (Å²) in [6.07, 6.45) is 1.61. The molecule has 0 spiro atoms. The first kappa shape index (κ1) is 8.17. The molecule has 0 heterocycles. The van der Waals surface area contributed by atoms with Gasteiger partial charge in [-0.3, -0.25) is 14.9 Å². The molecule has 4 heteroatoms. The van der Waals surface area contributed by atoms with Crippen LogP contribution in [0.4, 0.5) is 0 Å². The summed E-state index contributed by atoms with van der Waals surface area (Å²) in [4.78, 5) is 20.8. The van der Waals surface area contributed by atoms with Crippen LogP contribution in [0.1, 0.15) is 26.2 Å². The number of ketones is 1. The fourth-order valence-corrected chi connectivity index (χ4v) is 1.41. The highest BCUT2D eigenvalue weighted by Gasteiger charge is 2.34. The van der Waals surface area contributed by atoms with Crippen LogP contribution >= 0.6 is 0 Å². The van der Waals surface area contributed by atoms with E-state index in [1.165, 1.54) is 0 Å². The molecule has 0 bridgehead atoms. The van der Waals surface area contributed by atoms with Crippen LogP contribution in [0.5, 0.6) is 0 Å². The summed E-state index contributed by atoms with van der Waals surface area (Å²) in [5.41, 5.74) is 0. The van der Waals surface area contributed by atoms with Gasteiger partial charge in [0.15, 0.2) is 0 Å². The van der Waals surface area contributed by atoms with E-state index in [-0.39, 0.29) is 5.78 Å². The molecule has 1 aliphatic carbocycles. The van der Waals surface area contributed by atoms with Crippen molar-refractivity contribution in [2.24, 2.45) is 5.92 Å². The summed E-state index contributed by atoms with van der Waals surface area (Å²) >= 11 is 0. The van der Waals surface area contributed by atoms with E-state index in [4.69, 9.17) is 0 Å². The van der Waals surface area contributed by atoms with Crippen LogP contribution in [0.2, 0.25) is 0 Å². The summed E-state index contributed by atoms with van der Waals surface area (Å²) in [5.74, 6) is 0.132. The Morgan fingerprint density at radius 3 is 2.64 bits per heavy atom. The lowest BCUT2D eigenvalue weighted by molar-refractivity contribution is -0.509. The molecule has 1 fully saturated rings. The third-order valence-electron chi connectivity index (χ3n) is 2.11. The number of nitrogens with zero attached hydrogens (tertiary/aromatic N) is 1. The van der Waals surface area contributed by atoms with Gasteiger partial charge in [-0.1, -0.05) is 6.92 Å². The highest BCUT2D eigenvalue weighted by atomic mass is 16.6. The maximum Gasteiger partial charge on any atom is 0.270 e. The van der Waals surface area contributed by atoms with Crippen LogP contribution in [0.15, 0.2) is 0 Å². The molecular weight excluding hydrogens is 146 g/mol. The first-order chi connectivity index (χ1) is 5.11.